The maximum Gasteiger partial charge on any atom is 0.0780 e. The Bertz CT molecular complexity index is 187. The first kappa shape index (κ1) is 24.2. The highest BCUT2D eigenvalue weighted by Gasteiger charge is 2.04. The van der Waals surface area contributed by atoms with E-state index in [1.165, 1.54) is 96.4 Å². The molecule has 0 unspecified atom stereocenters. The Morgan fingerprint density at radius 3 is 1.05 bits per heavy atom. The van der Waals surface area contributed by atoms with Gasteiger partial charge in [-0.2, -0.15) is 7.11 Å². The monoisotopic (exact) mass is 315 g/mol. The smallest absolute Gasteiger partial charge is 0.0780 e. The molecule has 0 heterocycles. The molecule has 0 aromatic heterocycles. The van der Waals surface area contributed by atoms with E-state index in [1.54, 1.807) is 0 Å². The second-order valence-electron chi connectivity index (χ2n) is 7.61. The van der Waals surface area contributed by atoms with Crippen molar-refractivity contribution in [3.63, 3.8) is 0 Å². The molecular formula is C20H45NO. The van der Waals surface area contributed by atoms with E-state index < -0.39 is 0 Å². The second-order valence-corrected chi connectivity index (χ2v) is 7.61. The van der Waals surface area contributed by atoms with Gasteiger partial charge in [0.05, 0.1) is 27.7 Å². The maximum absolute atomic E-state index is 8.25. The molecule has 136 valence electrons. The molecule has 2 heteroatoms. The van der Waals surface area contributed by atoms with Crippen LogP contribution in [0.25, 0.3) is 0 Å². The topological polar surface area (TPSA) is 23.1 Å². The predicted molar refractivity (Wildman–Crippen MR) is 99.1 cm³/mol. The Morgan fingerprint density at radius 1 is 0.500 bits per heavy atom. The summed E-state index contributed by atoms with van der Waals surface area (Å²) in [4.78, 5) is 0. The third-order valence-corrected chi connectivity index (χ3v) is 4.18. The third kappa shape index (κ3) is 24.9. The number of quaternary nitrogens is 1. The van der Waals surface area contributed by atoms with Crippen LogP contribution in [0, 0.1) is 0 Å². The van der Waals surface area contributed by atoms with Gasteiger partial charge in [0.1, 0.15) is 0 Å². The molecule has 0 atom stereocenters. The number of nitrogens with zero attached hydrogens (tertiary/aromatic N) is 1. The van der Waals surface area contributed by atoms with Crippen LogP contribution in [0.3, 0.4) is 0 Å². The molecule has 22 heavy (non-hydrogen) atoms. The first-order chi connectivity index (χ1) is 10.6. The third-order valence-electron chi connectivity index (χ3n) is 4.18. The standard InChI is InChI=1S/C19H42N.CH3O/c1-5-6-7-8-9-10-11-12-13-14-15-16-17-18-19-20(2,3)4;1-2/h5-19H2,1-4H3;1H3/q+1;-1. The van der Waals surface area contributed by atoms with Crippen molar-refractivity contribution in [2.75, 3.05) is 34.8 Å². The molecule has 0 spiro atoms. The highest BCUT2D eigenvalue weighted by Crippen LogP contribution is 2.13. The molecule has 0 radical (unpaired) electrons. The van der Waals surface area contributed by atoms with Gasteiger partial charge in [-0.05, 0) is 12.8 Å². The largest absolute Gasteiger partial charge is 0.857 e. The molecule has 0 rings (SSSR count). The molecule has 0 saturated carbocycles. The van der Waals surface area contributed by atoms with E-state index in [1.807, 2.05) is 0 Å². The molecule has 0 aliphatic rings. The van der Waals surface area contributed by atoms with Gasteiger partial charge >= 0.3 is 0 Å². The summed E-state index contributed by atoms with van der Waals surface area (Å²) < 4.78 is 1.12. The van der Waals surface area contributed by atoms with E-state index in [2.05, 4.69) is 28.1 Å². The van der Waals surface area contributed by atoms with Crippen molar-refractivity contribution in [3.05, 3.63) is 0 Å². The predicted octanol–water partition coefficient (Wildman–Crippen LogP) is 5.15. The number of hydrogen-bond acceptors (Lipinski definition) is 1. The molecule has 0 aromatic carbocycles. The van der Waals surface area contributed by atoms with E-state index in [4.69, 9.17) is 5.11 Å². The van der Waals surface area contributed by atoms with Gasteiger partial charge in [-0.3, -0.25) is 0 Å². The van der Waals surface area contributed by atoms with Crippen LogP contribution in [0.2, 0.25) is 0 Å². The normalized spacial score (nSPS) is 11.2. The molecular weight excluding hydrogens is 270 g/mol. The van der Waals surface area contributed by atoms with Gasteiger partial charge in [0, 0.05) is 0 Å². The summed E-state index contributed by atoms with van der Waals surface area (Å²) >= 11 is 0. The first-order valence-corrected chi connectivity index (χ1v) is 9.77. The van der Waals surface area contributed by atoms with Crippen LogP contribution < -0.4 is 5.11 Å². The Kier molecular flexibility index (Phi) is 20.8. The quantitative estimate of drug-likeness (QED) is 0.303. The van der Waals surface area contributed by atoms with E-state index in [9.17, 15) is 0 Å². The first-order valence-electron chi connectivity index (χ1n) is 9.77. The van der Waals surface area contributed by atoms with Gasteiger partial charge < -0.3 is 9.59 Å². The van der Waals surface area contributed by atoms with Crippen LogP contribution in [-0.4, -0.2) is 39.3 Å². The van der Waals surface area contributed by atoms with Crippen molar-refractivity contribution in [2.45, 2.75) is 96.8 Å². The fourth-order valence-corrected chi connectivity index (χ4v) is 2.78. The molecule has 0 aliphatic heterocycles. The van der Waals surface area contributed by atoms with Crippen molar-refractivity contribution in [1.29, 1.82) is 0 Å². The summed E-state index contributed by atoms with van der Waals surface area (Å²) in [5.74, 6) is 0. The molecule has 0 aromatic rings. The lowest BCUT2D eigenvalue weighted by atomic mass is 10.0. The summed E-state index contributed by atoms with van der Waals surface area (Å²) in [7, 11) is 7.63. The van der Waals surface area contributed by atoms with E-state index in [0.717, 1.165) is 11.6 Å². The van der Waals surface area contributed by atoms with Crippen LogP contribution in [0.1, 0.15) is 96.8 Å². The van der Waals surface area contributed by atoms with Gasteiger partial charge in [-0.1, -0.05) is 84.0 Å². The summed E-state index contributed by atoms with van der Waals surface area (Å²) in [6, 6.07) is 0. The fraction of sp³-hybridized carbons (Fsp3) is 1.00. The number of hydrogen-bond donors (Lipinski definition) is 0. The minimum atomic E-state index is 0.750. The van der Waals surface area contributed by atoms with Crippen LogP contribution in [-0.2, 0) is 0 Å². The highest BCUT2D eigenvalue weighted by atomic mass is 16.2. The van der Waals surface area contributed by atoms with E-state index in [0.29, 0.717) is 0 Å². The lowest BCUT2D eigenvalue weighted by molar-refractivity contribution is -0.870. The maximum atomic E-state index is 8.25. The lowest BCUT2D eigenvalue weighted by Crippen LogP contribution is -2.35. The van der Waals surface area contributed by atoms with Crippen molar-refractivity contribution in [1.82, 2.24) is 0 Å². The van der Waals surface area contributed by atoms with Gasteiger partial charge in [0.2, 0.25) is 0 Å². The number of rotatable bonds is 15. The zero-order valence-electron chi connectivity index (χ0n) is 16.5. The van der Waals surface area contributed by atoms with Crippen LogP contribution in [0.4, 0.5) is 0 Å². The summed E-state index contributed by atoms with van der Waals surface area (Å²) in [6.45, 7) is 3.63. The molecule has 0 aliphatic carbocycles. The molecule has 0 fully saturated rings. The molecule has 2 nitrogen and oxygen atoms in total. The average molecular weight is 316 g/mol. The molecule has 0 amide bonds. The second kappa shape index (κ2) is 19.0. The van der Waals surface area contributed by atoms with Crippen molar-refractivity contribution in [3.8, 4) is 0 Å². The van der Waals surface area contributed by atoms with Gasteiger partial charge in [0.15, 0.2) is 0 Å². The summed E-state index contributed by atoms with van der Waals surface area (Å²) in [5.41, 5.74) is 0. The summed E-state index contributed by atoms with van der Waals surface area (Å²) in [6.07, 6.45) is 20.4. The highest BCUT2D eigenvalue weighted by molar-refractivity contribution is 4.49. The minimum Gasteiger partial charge on any atom is -0.857 e. The van der Waals surface area contributed by atoms with E-state index >= 15 is 0 Å². The Hall–Kier alpha value is -0.0800. The van der Waals surface area contributed by atoms with Gasteiger partial charge in [0.25, 0.3) is 0 Å². The van der Waals surface area contributed by atoms with Crippen LogP contribution in [0.5, 0.6) is 0 Å². The molecule has 0 saturated heterocycles. The average Bonchev–Trinajstić information content (AvgIpc) is 2.48. The minimum absolute atomic E-state index is 0.750. The lowest BCUT2D eigenvalue weighted by Gasteiger charge is -2.23. The zero-order chi connectivity index (χ0) is 17.1. The zero-order valence-corrected chi connectivity index (χ0v) is 16.5. The van der Waals surface area contributed by atoms with Gasteiger partial charge in [-0.15, -0.1) is 0 Å². The fourth-order valence-electron chi connectivity index (χ4n) is 2.78. The van der Waals surface area contributed by atoms with Crippen molar-refractivity contribution < 1.29 is 9.59 Å². The van der Waals surface area contributed by atoms with Crippen LogP contribution >= 0.6 is 0 Å². The Labute approximate surface area is 141 Å². The van der Waals surface area contributed by atoms with Gasteiger partial charge in [-0.25, -0.2) is 0 Å². The Balaban J connectivity index is 0. The van der Waals surface area contributed by atoms with E-state index in [-0.39, 0.29) is 0 Å². The van der Waals surface area contributed by atoms with Crippen molar-refractivity contribution in [2.24, 2.45) is 0 Å². The molecule has 0 N–H and O–H groups in total. The SMILES string of the molecule is CCCCCCCCCCCCCCCC[N+](C)(C)C.C[O-]. The molecule has 0 bridgehead atoms. The van der Waals surface area contributed by atoms with Crippen LogP contribution in [0.15, 0.2) is 0 Å². The Morgan fingerprint density at radius 2 is 0.773 bits per heavy atom. The van der Waals surface area contributed by atoms with Crippen molar-refractivity contribution >= 4 is 0 Å². The summed E-state index contributed by atoms with van der Waals surface area (Å²) in [5, 5.41) is 8.25. The number of unbranched alkanes of at least 4 members (excludes halogenated alkanes) is 13.